The number of rotatable bonds is 19. The van der Waals surface area contributed by atoms with Gasteiger partial charge in [-0.05, 0) is 291 Å². The van der Waals surface area contributed by atoms with Gasteiger partial charge in [0.1, 0.15) is 42.6 Å². The van der Waals surface area contributed by atoms with Crippen molar-refractivity contribution in [2.75, 3.05) is 0 Å². The molecule has 0 radical (unpaired) electrons. The molecular weight excluding hydrogens is 2560 g/mol. The van der Waals surface area contributed by atoms with Gasteiger partial charge in [0.15, 0.2) is 0 Å². The summed E-state index contributed by atoms with van der Waals surface area (Å²) < 4.78 is 79.2. The van der Waals surface area contributed by atoms with Gasteiger partial charge in [-0.3, -0.25) is 0 Å². The monoisotopic (exact) mass is 2650 g/mol. The summed E-state index contributed by atoms with van der Waals surface area (Å²) in [7, 11) is 48.8. The van der Waals surface area contributed by atoms with E-state index >= 15 is 0 Å². The molecule has 3 aliphatic rings. The lowest BCUT2D eigenvalue weighted by Crippen LogP contribution is -2.12. The minimum Gasteiger partial charge on any atom is -0.455 e. The zero-order valence-corrected chi connectivity index (χ0v) is 114. The van der Waals surface area contributed by atoms with E-state index in [0.717, 1.165) is 104 Å². The third-order valence-corrected chi connectivity index (χ3v) is 243. The molecule has 145 heavy (non-hydrogen) atoms. The van der Waals surface area contributed by atoms with Crippen molar-refractivity contribution >= 4 is 417 Å². The summed E-state index contributed by atoms with van der Waals surface area (Å²) in [6.07, 6.45) is 1.04. The fourth-order valence-corrected chi connectivity index (χ4v) is 438. The van der Waals surface area contributed by atoms with Crippen LogP contribution in [0.3, 0.4) is 0 Å². The number of fused-ring (bicyclic) bond motifs is 22. The Morgan fingerprint density at radius 1 is 0.221 bits per heavy atom. The molecule has 1 aliphatic carbocycles. The number of sulfone groups is 2. The highest BCUT2D eigenvalue weighted by Gasteiger charge is 2.52. The smallest absolute Gasteiger partial charge is 0.213 e. The maximum Gasteiger partial charge on any atom is 0.213 e. The van der Waals surface area contributed by atoms with Crippen LogP contribution in [0.4, 0.5) is 0 Å². The molecule has 24 rings (SSSR count). The van der Waals surface area contributed by atoms with E-state index in [9.17, 15) is 16.8 Å². The Labute approximate surface area is 918 Å². The standard InChI is InChI=1S/C60H36N4O3S.C25H17N.C12H6Br2O3S.CH4.H34P32/c65-68(66)59-31-27-39(63-53-23-11-5-17-45(53)47-33-37(25-29-55(47)63)61-49-19-7-1-13-41(49)42-14-2-8-20-50(42)61)35-57(59)67-58-36-40(28-32-60(58)68)64-54-24-12-6-18-46(54)48-34-38(26-30-56(48)64)62-51-21-9-3-15-43(51)44-16-4-10-22-52(44)62;1-2-8-20-17(7-1)15-18-13-14-19(16-23(18)20)26-24-11-5-3-9-21(24)22-10-4-6-12-25(22)26;13-7-1-3-11-9(5-7)17-10-6-8(14)2-4-12(10)18(11,15)16;;1-18(2)26(17)30(25(15)16)32(29(23(11)12)24(13)14)31(27(19(3)4)20(5)6)28(21(7)8)22(9)10/h1-36H;1-14,16H,15H2;1-6H;1H4;1-17H2. The molecule has 0 fully saturated rings. The first kappa shape index (κ1) is 113. The summed E-state index contributed by atoms with van der Waals surface area (Å²) in [5.74, 6) is 1.26. The molecule has 11 nitrogen and oxygen atoms in total. The molecule has 0 amide bonds. The number of benzene rings is 16. The zero-order chi connectivity index (χ0) is 100. The largest absolute Gasteiger partial charge is 0.455 e. The van der Waals surface area contributed by atoms with Crippen LogP contribution < -0.4 is 9.47 Å². The van der Waals surface area contributed by atoms with Crippen LogP contribution in [0.25, 0.3) is 149 Å². The molecule has 736 valence electrons. The predicted octanol–water partition coefficient (Wildman–Crippen LogP) is 44.6. The maximum absolute atomic E-state index is 14.5. The van der Waals surface area contributed by atoms with Gasteiger partial charge in [0, 0.05) is 103 Å². The van der Waals surface area contributed by atoms with Gasteiger partial charge >= 0.3 is 0 Å². The van der Waals surface area contributed by atoms with Gasteiger partial charge in [-0.2, -0.15) is 0 Å². The molecule has 5 aromatic heterocycles. The third kappa shape index (κ3) is 21.9. The van der Waals surface area contributed by atoms with Crippen LogP contribution in [-0.4, -0.2) is 39.7 Å². The fraction of sp³-hybridized carbons (Fsp3) is 0.0204. The molecule has 16 aromatic carbocycles. The van der Waals surface area contributed by atoms with E-state index in [1.807, 2.05) is 36.4 Å². The van der Waals surface area contributed by atoms with Gasteiger partial charge < -0.3 is 32.3 Å². The van der Waals surface area contributed by atoms with Crippen LogP contribution in [-0.2, 0) is 26.1 Å². The van der Waals surface area contributed by atoms with Crippen LogP contribution in [0.15, 0.2) is 374 Å². The van der Waals surface area contributed by atoms with Gasteiger partial charge in [-0.15, -0.1) is 152 Å². The highest BCUT2D eigenvalue weighted by atomic mass is 79.9. The maximum atomic E-state index is 14.5. The third-order valence-electron chi connectivity index (χ3n) is 25.1. The number of aromatic nitrogens is 5. The molecular formula is C98H97Br2N5O6P32S2. The Kier molecular flexibility index (Phi) is 37.2. The highest BCUT2D eigenvalue weighted by molar-refractivity contribution is 9.45. The van der Waals surface area contributed by atoms with E-state index < -0.39 is 19.7 Å². The molecule has 20 unspecified atom stereocenters. The van der Waals surface area contributed by atoms with Crippen molar-refractivity contribution in [1.82, 2.24) is 22.8 Å². The Bertz CT molecular complexity index is 8380. The summed E-state index contributed by atoms with van der Waals surface area (Å²) in [5.41, 5.74) is 21.7. The van der Waals surface area contributed by atoms with Crippen LogP contribution in [0.1, 0.15) is 18.6 Å². The molecule has 0 N–H and O–H groups in total. The van der Waals surface area contributed by atoms with Gasteiger partial charge in [0.25, 0.3) is 0 Å². The minimum absolute atomic E-state index is 0. The molecule has 20 atom stereocenters. The molecule has 0 bridgehead atoms. The van der Waals surface area contributed by atoms with E-state index in [0.29, 0.717) is 11.5 Å². The molecule has 47 heteroatoms. The van der Waals surface area contributed by atoms with E-state index in [2.05, 4.69) is 467 Å². The number of nitrogens with zero attached hydrogens (tertiary/aromatic N) is 5. The second-order valence-electron chi connectivity index (χ2n) is 33.5. The summed E-state index contributed by atoms with van der Waals surface area (Å²) in [5, 5.41) is 11.8. The molecule has 0 saturated carbocycles. The van der Waals surface area contributed by atoms with E-state index in [4.69, 9.17) is 9.47 Å². The van der Waals surface area contributed by atoms with E-state index in [1.165, 1.54) is 71.3 Å². The predicted molar refractivity (Wildman–Crippen MR) is 734 cm³/mol. The normalized spacial score (nSPS) is 14.1. The average molecular weight is 2660 g/mol. The quantitative estimate of drug-likeness (QED) is 0.0746. The first-order valence-corrected chi connectivity index (χ1v) is 106. The highest BCUT2D eigenvalue weighted by Crippen LogP contribution is 3.39. The Morgan fingerprint density at radius 2 is 0.455 bits per heavy atom. The number of para-hydroxylation sites is 8. The molecule has 21 aromatic rings. The first-order valence-electron chi connectivity index (χ1n) is 44.0. The SMILES string of the molecule is C.O=S1(=O)c2ccc(-n3c4ccccc4c4cc(-n5c6ccccc6c6ccccc65)ccc43)cc2Oc2cc(-n3c4ccccc4c4cc(-n5c6ccccc6c6ccccc65)ccc43)ccc21.O=S1(=O)c2ccc(Br)cc2Oc2cc(Br)ccc21.PP(P)P(P)P(P(P)P)P(P(P(P)P)P(P)P)P(P(P(P)P)P(P)P)P(P(P)P)P(P)P.c1ccc2c(c1)Cc1ccc(-n3c4ccccc4c4ccccc43)cc1-2. The van der Waals surface area contributed by atoms with Gasteiger partial charge in [-0.25, -0.2) is 16.8 Å². The van der Waals surface area contributed by atoms with E-state index in [-0.39, 0.29) is 143 Å². The second-order valence-corrected chi connectivity index (χ2v) is 168. The van der Waals surface area contributed by atoms with Crippen molar-refractivity contribution in [2.24, 2.45) is 0 Å². The summed E-state index contributed by atoms with van der Waals surface area (Å²) >= 11 is 6.60. The zero-order valence-electron chi connectivity index (χ0n) is 75.9. The summed E-state index contributed by atoms with van der Waals surface area (Å²) in [6, 6.07) is 118. The summed E-state index contributed by atoms with van der Waals surface area (Å²) in [6.45, 7) is -0.495. The first-order chi connectivity index (χ1) is 69.4. The van der Waals surface area contributed by atoms with Crippen molar-refractivity contribution < 1.29 is 26.3 Å². The van der Waals surface area contributed by atoms with Crippen molar-refractivity contribution in [1.29, 1.82) is 0 Å². The van der Waals surface area contributed by atoms with Crippen LogP contribution in [0.2, 0.25) is 0 Å². The lowest BCUT2D eigenvalue weighted by Gasteiger charge is -2.53. The van der Waals surface area contributed by atoms with Crippen LogP contribution in [0, 0.1) is 0 Å². The Morgan fingerprint density at radius 3 is 0.766 bits per heavy atom. The van der Waals surface area contributed by atoms with E-state index in [1.54, 1.807) is 48.5 Å². The van der Waals surface area contributed by atoms with Gasteiger partial charge in [0.2, 0.25) is 19.7 Å². The minimum atomic E-state index is -3.92. The number of halogens is 2. The van der Waals surface area contributed by atoms with Gasteiger partial charge in [0.05, 0.1) is 55.2 Å². The molecule has 2 aliphatic heterocycles. The van der Waals surface area contributed by atoms with Crippen LogP contribution >= 0.6 is 288 Å². The fourth-order valence-electron chi connectivity index (χ4n) is 19.2. The Balaban J connectivity index is 0.000000137. The van der Waals surface area contributed by atoms with Crippen molar-refractivity contribution in [3.05, 3.63) is 366 Å². The number of hydrogen-bond acceptors (Lipinski definition) is 6. The molecule has 0 saturated heterocycles. The Hall–Kier alpha value is 0.740. The second kappa shape index (κ2) is 47.9. The lowest BCUT2D eigenvalue weighted by molar-refractivity contribution is 0.441. The topological polar surface area (TPSA) is 111 Å². The molecule has 0 spiro atoms. The van der Waals surface area contributed by atoms with Gasteiger partial charge in [-0.1, -0.05) is 215 Å². The van der Waals surface area contributed by atoms with Crippen molar-refractivity contribution in [2.45, 2.75) is 33.4 Å². The van der Waals surface area contributed by atoms with Crippen molar-refractivity contribution in [3.8, 4) is 62.6 Å². The molecule has 7 heterocycles. The number of hydrogen-bond donors (Lipinski definition) is 0. The van der Waals surface area contributed by atoms with Crippen LogP contribution in [0.5, 0.6) is 23.0 Å². The number of ether oxygens (including phenoxy) is 2. The summed E-state index contributed by atoms with van der Waals surface area (Å²) in [4.78, 5) is 0.678. The lowest BCUT2D eigenvalue weighted by atomic mass is 10.1. The average Bonchev–Trinajstić information content (AvgIpc) is 1.63. The van der Waals surface area contributed by atoms with Crippen molar-refractivity contribution in [3.63, 3.8) is 0 Å².